The molecule has 0 fully saturated rings. The lowest BCUT2D eigenvalue weighted by atomic mass is 10.1. The Morgan fingerprint density at radius 2 is 1.81 bits per heavy atom. The van der Waals surface area contributed by atoms with Crippen LogP contribution in [-0.4, -0.2) is 30.2 Å². The van der Waals surface area contributed by atoms with Crippen molar-refractivity contribution in [3.63, 3.8) is 0 Å². The average molecular weight is 388 g/mol. The number of thioether (sulfide) groups is 1. The standard InChI is InChI=1S/C19H18ClN3O2S/c20-15-8-4-5-9-17(15)26-13-10-16(19(25)22-12-11-21)23-18(24)14-6-2-1-3-7-14/h1-9,16H,10,12-13H2,(H,22,25)(H,23,24). The minimum absolute atomic E-state index is 0.103. The lowest BCUT2D eigenvalue weighted by molar-refractivity contribution is -0.122. The number of halogens is 1. The molecule has 0 spiro atoms. The van der Waals surface area contributed by atoms with E-state index in [2.05, 4.69) is 10.6 Å². The SMILES string of the molecule is N#CCNC(=O)C(CCSc1ccccc1Cl)NC(=O)c1ccccc1. The van der Waals surface area contributed by atoms with Crippen LogP contribution in [0.15, 0.2) is 59.5 Å². The van der Waals surface area contributed by atoms with E-state index in [9.17, 15) is 9.59 Å². The minimum atomic E-state index is -0.731. The van der Waals surface area contributed by atoms with E-state index in [0.29, 0.717) is 22.8 Å². The molecule has 0 aliphatic rings. The number of carbonyl (C=O) groups is 2. The van der Waals surface area contributed by atoms with Gasteiger partial charge in [-0.25, -0.2) is 0 Å². The predicted molar refractivity (Wildman–Crippen MR) is 103 cm³/mol. The molecule has 2 N–H and O–H groups in total. The van der Waals surface area contributed by atoms with E-state index in [-0.39, 0.29) is 18.4 Å². The molecule has 2 aromatic rings. The summed E-state index contributed by atoms with van der Waals surface area (Å²) in [4.78, 5) is 25.5. The van der Waals surface area contributed by atoms with Crippen LogP contribution in [0.3, 0.4) is 0 Å². The van der Waals surface area contributed by atoms with Gasteiger partial charge < -0.3 is 10.6 Å². The van der Waals surface area contributed by atoms with Gasteiger partial charge in [0.1, 0.15) is 12.6 Å². The summed E-state index contributed by atoms with van der Waals surface area (Å²) in [7, 11) is 0. The Kier molecular flexibility index (Phi) is 8.00. The number of benzene rings is 2. The maximum Gasteiger partial charge on any atom is 0.251 e. The fourth-order valence-corrected chi connectivity index (χ4v) is 3.45. The fraction of sp³-hybridized carbons (Fsp3) is 0.211. The zero-order valence-electron chi connectivity index (χ0n) is 13.9. The summed E-state index contributed by atoms with van der Waals surface area (Å²) >= 11 is 7.64. The lowest BCUT2D eigenvalue weighted by Crippen LogP contribution is -2.47. The predicted octanol–water partition coefficient (Wildman–Crippen LogP) is 3.26. The lowest BCUT2D eigenvalue weighted by Gasteiger charge is -2.18. The molecule has 0 bridgehead atoms. The Balaban J connectivity index is 1.99. The fourth-order valence-electron chi connectivity index (χ4n) is 2.20. The van der Waals surface area contributed by atoms with Gasteiger partial charge in [-0.1, -0.05) is 41.9 Å². The van der Waals surface area contributed by atoms with E-state index >= 15 is 0 Å². The maximum absolute atomic E-state index is 12.3. The van der Waals surface area contributed by atoms with Gasteiger partial charge >= 0.3 is 0 Å². The van der Waals surface area contributed by atoms with Crippen LogP contribution in [0, 0.1) is 11.3 Å². The molecule has 0 saturated carbocycles. The number of nitriles is 1. The number of hydrogen-bond donors (Lipinski definition) is 2. The second-order valence-corrected chi connectivity index (χ2v) is 6.88. The second kappa shape index (κ2) is 10.5. The van der Waals surface area contributed by atoms with Crippen LogP contribution in [0.2, 0.25) is 5.02 Å². The first kappa shape index (κ1) is 19.8. The molecule has 2 amide bonds. The molecule has 1 atom stereocenters. The molecule has 1 unspecified atom stereocenters. The van der Waals surface area contributed by atoms with Crippen LogP contribution < -0.4 is 10.6 Å². The van der Waals surface area contributed by atoms with Crippen molar-refractivity contribution in [3.8, 4) is 6.07 Å². The van der Waals surface area contributed by atoms with Gasteiger partial charge in [-0.05, 0) is 30.7 Å². The summed E-state index contributed by atoms with van der Waals surface area (Å²) in [5.74, 6) is -0.121. The van der Waals surface area contributed by atoms with E-state index < -0.39 is 6.04 Å². The van der Waals surface area contributed by atoms with E-state index in [1.54, 1.807) is 30.3 Å². The Morgan fingerprint density at radius 1 is 1.12 bits per heavy atom. The third-order valence-electron chi connectivity index (χ3n) is 3.50. The van der Waals surface area contributed by atoms with Crippen molar-refractivity contribution in [1.29, 1.82) is 5.26 Å². The summed E-state index contributed by atoms with van der Waals surface area (Å²) < 4.78 is 0. The van der Waals surface area contributed by atoms with Crippen LogP contribution in [0.1, 0.15) is 16.8 Å². The molecule has 0 aliphatic carbocycles. The zero-order chi connectivity index (χ0) is 18.8. The summed E-state index contributed by atoms with van der Waals surface area (Å²) in [5.41, 5.74) is 0.476. The molecule has 26 heavy (non-hydrogen) atoms. The van der Waals surface area contributed by atoms with Crippen LogP contribution in [0.5, 0.6) is 0 Å². The van der Waals surface area contributed by atoms with Crippen molar-refractivity contribution in [2.45, 2.75) is 17.4 Å². The minimum Gasteiger partial charge on any atom is -0.341 e. The molecule has 5 nitrogen and oxygen atoms in total. The largest absolute Gasteiger partial charge is 0.341 e. The molecular formula is C19H18ClN3O2S. The average Bonchev–Trinajstić information content (AvgIpc) is 2.67. The van der Waals surface area contributed by atoms with Crippen LogP contribution >= 0.6 is 23.4 Å². The van der Waals surface area contributed by atoms with Crippen molar-refractivity contribution in [2.75, 3.05) is 12.3 Å². The van der Waals surface area contributed by atoms with E-state index in [1.807, 2.05) is 30.3 Å². The van der Waals surface area contributed by atoms with Crippen LogP contribution in [0.25, 0.3) is 0 Å². The van der Waals surface area contributed by atoms with Gasteiger partial charge in [0, 0.05) is 16.2 Å². The van der Waals surface area contributed by atoms with Gasteiger partial charge in [0.2, 0.25) is 5.91 Å². The van der Waals surface area contributed by atoms with E-state index in [4.69, 9.17) is 16.9 Å². The Hall–Kier alpha value is -2.49. The summed E-state index contributed by atoms with van der Waals surface area (Å²) in [6.45, 7) is -0.103. The topological polar surface area (TPSA) is 82.0 Å². The molecule has 0 aromatic heterocycles. The Labute approximate surface area is 161 Å². The highest BCUT2D eigenvalue weighted by atomic mass is 35.5. The Morgan fingerprint density at radius 3 is 2.50 bits per heavy atom. The van der Waals surface area contributed by atoms with Crippen LogP contribution in [-0.2, 0) is 4.79 Å². The number of carbonyl (C=O) groups excluding carboxylic acids is 2. The first-order valence-corrected chi connectivity index (χ1v) is 9.36. The highest BCUT2D eigenvalue weighted by molar-refractivity contribution is 7.99. The molecule has 7 heteroatoms. The smallest absolute Gasteiger partial charge is 0.251 e. The van der Waals surface area contributed by atoms with Crippen molar-refractivity contribution in [2.24, 2.45) is 0 Å². The van der Waals surface area contributed by atoms with Gasteiger partial charge in [0.15, 0.2) is 0 Å². The molecule has 0 heterocycles. The van der Waals surface area contributed by atoms with E-state index in [1.165, 1.54) is 11.8 Å². The quantitative estimate of drug-likeness (QED) is 0.538. The number of hydrogen-bond acceptors (Lipinski definition) is 4. The number of nitrogens with zero attached hydrogens (tertiary/aromatic N) is 1. The summed E-state index contributed by atoms with van der Waals surface area (Å²) in [6, 6.07) is 17.3. The molecular weight excluding hydrogens is 370 g/mol. The van der Waals surface area contributed by atoms with Crippen LogP contribution in [0.4, 0.5) is 0 Å². The normalized spacial score (nSPS) is 11.2. The molecule has 134 valence electrons. The summed E-state index contributed by atoms with van der Waals surface area (Å²) in [6.07, 6.45) is 0.408. The highest BCUT2D eigenvalue weighted by Gasteiger charge is 2.21. The van der Waals surface area contributed by atoms with Crippen molar-refractivity contribution in [3.05, 3.63) is 65.2 Å². The monoisotopic (exact) mass is 387 g/mol. The molecule has 0 saturated heterocycles. The highest BCUT2D eigenvalue weighted by Crippen LogP contribution is 2.27. The molecule has 2 rings (SSSR count). The zero-order valence-corrected chi connectivity index (χ0v) is 15.5. The van der Waals surface area contributed by atoms with Crippen molar-refractivity contribution < 1.29 is 9.59 Å². The van der Waals surface area contributed by atoms with Gasteiger partial charge in [-0.15, -0.1) is 11.8 Å². The molecule has 0 aliphatic heterocycles. The number of rotatable bonds is 8. The molecule has 2 aromatic carbocycles. The van der Waals surface area contributed by atoms with Crippen molar-refractivity contribution in [1.82, 2.24) is 10.6 Å². The van der Waals surface area contributed by atoms with Gasteiger partial charge in [0.05, 0.1) is 11.1 Å². The number of amides is 2. The first-order valence-electron chi connectivity index (χ1n) is 7.99. The van der Waals surface area contributed by atoms with E-state index in [0.717, 1.165) is 4.90 Å². The second-order valence-electron chi connectivity index (χ2n) is 5.34. The van der Waals surface area contributed by atoms with Gasteiger partial charge in [0.25, 0.3) is 5.91 Å². The van der Waals surface area contributed by atoms with Crippen molar-refractivity contribution >= 4 is 35.2 Å². The first-order chi connectivity index (χ1) is 12.6. The van der Waals surface area contributed by atoms with Gasteiger partial charge in [-0.2, -0.15) is 5.26 Å². The third kappa shape index (κ3) is 6.10. The van der Waals surface area contributed by atoms with Gasteiger partial charge in [-0.3, -0.25) is 9.59 Å². The number of nitrogens with one attached hydrogen (secondary N) is 2. The maximum atomic E-state index is 12.3. The Bertz CT molecular complexity index is 793. The molecule has 0 radical (unpaired) electrons. The summed E-state index contributed by atoms with van der Waals surface area (Å²) in [5, 5.41) is 14.5. The third-order valence-corrected chi connectivity index (χ3v) is 5.05.